The van der Waals surface area contributed by atoms with Crippen LogP contribution in [-0.2, 0) is 25.5 Å². The number of carbonyl (C=O) groups excluding carboxylic acids is 3. The fourth-order valence-corrected chi connectivity index (χ4v) is 10.6. The zero-order valence-electron chi connectivity index (χ0n) is 23.8. The molecule has 0 saturated carbocycles. The number of carbonyl (C=O) groups is 3. The molecule has 10 heteroatoms. The van der Waals surface area contributed by atoms with Crippen molar-refractivity contribution in [2.24, 2.45) is 11.8 Å². The number of esters is 1. The number of thioether (sulfide) groups is 1. The van der Waals surface area contributed by atoms with Gasteiger partial charge in [0.05, 0.1) is 35.8 Å². The van der Waals surface area contributed by atoms with E-state index in [1.165, 1.54) is 0 Å². The number of aliphatic hydroxyl groups excluding tert-OH is 1. The summed E-state index contributed by atoms with van der Waals surface area (Å²) in [5, 5.41) is 11.0. The summed E-state index contributed by atoms with van der Waals surface area (Å²) in [5.41, 5.74) is 1.56. The number of aliphatic hydroxyl groups is 1. The molecule has 3 saturated heterocycles. The Bertz CT molecular complexity index is 1360. The summed E-state index contributed by atoms with van der Waals surface area (Å²) >= 11 is 11.5. The van der Waals surface area contributed by atoms with Gasteiger partial charge in [0.25, 0.3) is 5.91 Å². The molecule has 1 N–H and O–H groups in total. The first-order valence-electron chi connectivity index (χ1n) is 14.5. The van der Waals surface area contributed by atoms with Crippen LogP contribution in [0.25, 0.3) is 0 Å². The number of hydrogen-bond donors (Lipinski definition) is 1. The molecule has 7 atom stereocenters. The number of benzene rings is 2. The van der Waals surface area contributed by atoms with Crippen molar-refractivity contribution in [2.45, 2.75) is 52.6 Å². The minimum absolute atomic E-state index is 0.0902. The smallest absolute Gasteiger partial charge is 0.310 e. The standard InChI is InChI=1S/C33H36BrClN2O5S/c1-3-5-9-17-42-32(41)26-27-30(39)37(24(20-38)18-21-10-7-6-8-11-21)29(33(27)19-25(34)28(26)43-33)31(40)36(16-4-2)23-14-12-22(35)13-15-23/h3-4,6-8,10-15,24-29,38H,1-2,5,9,16-20H2/t24-,25?,26-,27+,28-,29?,33?/m1/s1. The molecule has 0 aliphatic carbocycles. The number of halogens is 2. The third-order valence-corrected chi connectivity index (χ3v) is 12.1. The van der Waals surface area contributed by atoms with E-state index >= 15 is 0 Å². The predicted molar refractivity (Wildman–Crippen MR) is 174 cm³/mol. The number of anilines is 1. The van der Waals surface area contributed by atoms with Gasteiger partial charge in [0, 0.05) is 27.3 Å². The number of amides is 2. The third kappa shape index (κ3) is 5.93. The van der Waals surface area contributed by atoms with Crippen LogP contribution in [0.15, 0.2) is 79.9 Å². The second-order valence-electron chi connectivity index (χ2n) is 11.2. The van der Waals surface area contributed by atoms with E-state index in [1.54, 1.807) is 58.0 Å². The molecule has 1 spiro atoms. The molecule has 2 amide bonds. The Balaban J connectivity index is 1.57. The van der Waals surface area contributed by atoms with Gasteiger partial charge in [-0.15, -0.1) is 24.9 Å². The van der Waals surface area contributed by atoms with Gasteiger partial charge in [0.1, 0.15) is 6.04 Å². The fourth-order valence-electron chi connectivity index (χ4n) is 6.86. The van der Waals surface area contributed by atoms with Crippen molar-refractivity contribution in [3.63, 3.8) is 0 Å². The lowest BCUT2D eigenvalue weighted by molar-refractivity contribution is -0.154. The Kier molecular flexibility index (Phi) is 10.1. The highest BCUT2D eigenvalue weighted by Crippen LogP contribution is 2.68. The SMILES string of the molecule is C=CCCCOC(=O)[C@H]1[C@@H]2SC3(CC2Br)C(C(=O)N(CC=C)c2ccc(Cl)cc2)N([C@@H](CO)Cc2ccccc2)C(=O)[C@H]13. The van der Waals surface area contributed by atoms with Crippen LogP contribution < -0.4 is 4.90 Å². The van der Waals surface area contributed by atoms with Crippen LogP contribution in [0, 0.1) is 11.8 Å². The van der Waals surface area contributed by atoms with Gasteiger partial charge in [0.2, 0.25) is 5.91 Å². The topological polar surface area (TPSA) is 87.2 Å². The van der Waals surface area contributed by atoms with Gasteiger partial charge in [-0.05, 0) is 55.5 Å². The van der Waals surface area contributed by atoms with E-state index in [0.717, 1.165) is 12.0 Å². The van der Waals surface area contributed by atoms with Gasteiger partial charge in [-0.2, -0.15) is 0 Å². The Morgan fingerprint density at radius 2 is 1.91 bits per heavy atom. The van der Waals surface area contributed by atoms with Crippen LogP contribution in [0.1, 0.15) is 24.8 Å². The van der Waals surface area contributed by atoms with Crippen molar-refractivity contribution in [3.05, 3.63) is 90.5 Å². The number of allylic oxidation sites excluding steroid dienone is 1. The summed E-state index contributed by atoms with van der Waals surface area (Å²) in [4.78, 5) is 46.1. The summed E-state index contributed by atoms with van der Waals surface area (Å²) in [6, 6.07) is 15.0. The molecule has 0 radical (unpaired) electrons. The molecule has 3 aliphatic rings. The Labute approximate surface area is 270 Å². The van der Waals surface area contributed by atoms with E-state index in [-0.39, 0.29) is 41.6 Å². The predicted octanol–water partition coefficient (Wildman–Crippen LogP) is 5.44. The summed E-state index contributed by atoms with van der Waals surface area (Å²) in [5.74, 6) is -2.44. The molecule has 0 aromatic heterocycles. The lowest BCUT2D eigenvalue weighted by Gasteiger charge is -2.40. The molecule has 2 bridgehead atoms. The molecule has 3 unspecified atom stereocenters. The van der Waals surface area contributed by atoms with Crippen LogP contribution in [0.2, 0.25) is 5.02 Å². The van der Waals surface area contributed by atoms with E-state index in [9.17, 15) is 19.5 Å². The lowest BCUT2D eigenvalue weighted by atomic mass is 9.71. The van der Waals surface area contributed by atoms with Gasteiger partial charge < -0.3 is 19.6 Å². The van der Waals surface area contributed by atoms with Crippen LogP contribution in [0.5, 0.6) is 0 Å². The van der Waals surface area contributed by atoms with Crippen molar-refractivity contribution in [1.29, 1.82) is 0 Å². The zero-order chi connectivity index (χ0) is 30.7. The largest absolute Gasteiger partial charge is 0.465 e. The molecule has 5 rings (SSSR count). The normalized spacial score (nSPS) is 27.9. The lowest BCUT2D eigenvalue weighted by Crippen LogP contribution is -2.58. The average Bonchev–Trinajstić information content (AvgIpc) is 3.61. The summed E-state index contributed by atoms with van der Waals surface area (Å²) in [6.45, 7) is 7.71. The maximum atomic E-state index is 14.8. The van der Waals surface area contributed by atoms with E-state index in [0.29, 0.717) is 30.0 Å². The number of unbranched alkanes of at least 4 members (excludes halogenated alkanes) is 1. The molecule has 3 fully saturated rings. The van der Waals surface area contributed by atoms with E-state index in [4.69, 9.17) is 16.3 Å². The summed E-state index contributed by atoms with van der Waals surface area (Å²) in [7, 11) is 0. The van der Waals surface area contributed by atoms with Gasteiger partial charge in [0.15, 0.2) is 0 Å². The highest BCUT2D eigenvalue weighted by molar-refractivity contribution is 9.09. The van der Waals surface area contributed by atoms with Gasteiger partial charge in [-0.1, -0.05) is 70.0 Å². The molecule has 43 heavy (non-hydrogen) atoms. The Hall–Kier alpha value is -2.59. The molecule has 228 valence electrons. The van der Waals surface area contributed by atoms with Crippen molar-refractivity contribution < 1.29 is 24.2 Å². The molecular formula is C33H36BrClN2O5S. The minimum atomic E-state index is -0.921. The summed E-state index contributed by atoms with van der Waals surface area (Å²) < 4.78 is 4.82. The number of likely N-dealkylation sites (tertiary alicyclic amines) is 1. The molecule has 3 heterocycles. The number of nitrogens with zero attached hydrogens (tertiary/aromatic N) is 2. The van der Waals surface area contributed by atoms with E-state index < -0.39 is 34.6 Å². The number of rotatable bonds is 13. The molecule has 3 aliphatic heterocycles. The van der Waals surface area contributed by atoms with Crippen molar-refractivity contribution in [3.8, 4) is 0 Å². The van der Waals surface area contributed by atoms with E-state index in [2.05, 4.69) is 29.1 Å². The van der Waals surface area contributed by atoms with Crippen LogP contribution >= 0.6 is 39.3 Å². The molecule has 2 aromatic rings. The Morgan fingerprint density at radius 1 is 1.19 bits per heavy atom. The zero-order valence-corrected chi connectivity index (χ0v) is 27.0. The molecule has 2 aromatic carbocycles. The molecule has 7 nitrogen and oxygen atoms in total. The van der Waals surface area contributed by atoms with Gasteiger partial charge in [-0.3, -0.25) is 14.4 Å². The number of hydrogen-bond acceptors (Lipinski definition) is 6. The monoisotopic (exact) mass is 686 g/mol. The second-order valence-corrected chi connectivity index (χ2v) is 14.4. The van der Waals surface area contributed by atoms with Crippen LogP contribution in [0.3, 0.4) is 0 Å². The van der Waals surface area contributed by atoms with Crippen LogP contribution in [-0.4, -0.2) is 74.5 Å². The highest BCUT2D eigenvalue weighted by atomic mass is 79.9. The van der Waals surface area contributed by atoms with Crippen molar-refractivity contribution in [2.75, 3.05) is 24.7 Å². The maximum absolute atomic E-state index is 14.8. The number of alkyl halides is 1. The number of fused-ring (bicyclic) bond motifs is 1. The third-order valence-electron chi connectivity index (χ3n) is 8.66. The average molecular weight is 688 g/mol. The fraction of sp³-hybridized carbons (Fsp3) is 0.424. The summed E-state index contributed by atoms with van der Waals surface area (Å²) in [6.07, 6.45) is 5.67. The highest BCUT2D eigenvalue weighted by Gasteiger charge is 2.76. The quantitative estimate of drug-likeness (QED) is 0.131. The second kappa shape index (κ2) is 13.6. The maximum Gasteiger partial charge on any atom is 0.310 e. The minimum Gasteiger partial charge on any atom is -0.465 e. The van der Waals surface area contributed by atoms with Gasteiger partial charge in [-0.25, -0.2) is 0 Å². The van der Waals surface area contributed by atoms with Crippen LogP contribution in [0.4, 0.5) is 5.69 Å². The number of ether oxygens (including phenoxy) is 1. The van der Waals surface area contributed by atoms with Gasteiger partial charge >= 0.3 is 5.97 Å². The van der Waals surface area contributed by atoms with Crippen molar-refractivity contribution >= 4 is 62.8 Å². The van der Waals surface area contributed by atoms with E-state index in [1.807, 2.05) is 30.3 Å². The first kappa shape index (κ1) is 31.8. The first-order valence-corrected chi connectivity index (χ1v) is 16.7. The van der Waals surface area contributed by atoms with Crippen molar-refractivity contribution in [1.82, 2.24) is 4.90 Å². The first-order chi connectivity index (χ1) is 20.8. The Morgan fingerprint density at radius 3 is 2.56 bits per heavy atom. The molecular weight excluding hydrogens is 652 g/mol.